The molecule has 11 aromatic carbocycles. The van der Waals surface area contributed by atoms with Gasteiger partial charge >= 0.3 is 0 Å². The Hall–Kier alpha value is -12.9. The maximum absolute atomic E-state index is 5.21. The molecule has 6 nitrogen and oxygen atoms in total. The van der Waals surface area contributed by atoms with Crippen LogP contribution in [0.25, 0.3) is 123 Å². The molecule has 18 rings (SSSR count). The first kappa shape index (κ1) is 67.0. The Labute approximate surface area is 633 Å². The Balaban J connectivity index is 0.648. The SMILES string of the molecule is c1ccc(-c2ccc(-c3ccccc3C3CC(c4ccccc4-c4ccc(-c5ncc(-c6ccccc6C6CC(c7ccccc7-c7ccc(-c8ccccc8)nc7)CC(c7ccccc7-c7ccc(-c8ccccc8)nc7)C6)cn5)cc4)CC(c4ccccc4-c4ccc(-c5ccccc5)nc4)C3)cn2)cc1. The van der Waals surface area contributed by atoms with E-state index in [1.807, 2.05) is 12.4 Å². The van der Waals surface area contributed by atoms with Gasteiger partial charge in [-0.1, -0.05) is 315 Å². The maximum atomic E-state index is 5.21. The van der Waals surface area contributed by atoms with E-state index in [1.165, 1.54) is 72.3 Å². The molecule has 16 aromatic rings. The quantitative estimate of drug-likeness (QED) is 0.0904. The van der Waals surface area contributed by atoms with Gasteiger partial charge in [-0.2, -0.15) is 0 Å². The summed E-state index contributed by atoms with van der Waals surface area (Å²) in [6, 6.07) is 123. The summed E-state index contributed by atoms with van der Waals surface area (Å²) in [7, 11) is 0. The second-order valence-electron chi connectivity index (χ2n) is 29.2. The molecule has 518 valence electrons. The number of pyridine rings is 4. The first-order valence-electron chi connectivity index (χ1n) is 38.1. The van der Waals surface area contributed by atoms with Crippen molar-refractivity contribution in [2.24, 2.45) is 0 Å². The molecule has 4 atom stereocenters. The highest BCUT2D eigenvalue weighted by Crippen LogP contribution is 2.55. The first-order chi connectivity index (χ1) is 53.5. The first-order valence-corrected chi connectivity index (χ1v) is 38.1. The maximum Gasteiger partial charge on any atom is 0.159 e. The minimum Gasteiger partial charge on any atom is -0.256 e. The van der Waals surface area contributed by atoms with Crippen LogP contribution in [0.5, 0.6) is 0 Å². The van der Waals surface area contributed by atoms with E-state index in [4.69, 9.17) is 29.9 Å². The van der Waals surface area contributed by atoms with E-state index in [0.717, 1.165) is 117 Å². The van der Waals surface area contributed by atoms with Crippen LogP contribution < -0.4 is 0 Å². The largest absolute Gasteiger partial charge is 0.256 e. The van der Waals surface area contributed by atoms with Crippen LogP contribution in [0.4, 0.5) is 0 Å². The van der Waals surface area contributed by atoms with Crippen LogP contribution in [0.15, 0.2) is 377 Å². The average molecular weight is 1390 g/mol. The lowest BCUT2D eigenvalue weighted by Crippen LogP contribution is -2.21. The lowest BCUT2D eigenvalue weighted by molar-refractivity contribution is 0.353. The standard InChI is InChI=1S/C102H80N6/c1-5-25-70(26-6-1)98-53-49-75(63-103-98)87-34-14-19-39-92(87)80-57-79(58-81(59-80)93-40-20-15-35-88(93)76-50-54-99(104-64-76)71-27-7-2-8-28-71)91-38-18-13-33-86(91)69-45-47-74(48-46-69)102-107-67-85(68-108-102)97-44-24-23-43-96(97)84-61-82(94-41-21-16-36-89(94)77-51-55-100(105-65-77)72-29-9-3-10-30-72)60-83(62-84)95-42-22-17-37-90(95)78-52-56-101(106-66-78)73-31-11-4-12-32-73/h1-56,63-68,79-84H,57-62H2. The van der Waals surface area contributed by atoms with E-state index in [1.54, 1.807) is 0 Å². The highest BCUT2D eigenvalue weighted by molar-refractivity contribution is 5.78. The van der Waals surface area contributed by atoms with Gasteiger partial charge in [-0.05, 0) is 171 Å². The van der Waals surface area contributed by atoms with E-state index in [0.29, 0.717) is 5.82 Å². The van der Waals surface area contributed by atoms with Crippen molar-refractivity contribution in [3.63, 3.8) is 0 Å². The molecule has 0 amide bonds. The fourth-order valence-corrected chi connectivity index (χ4v) is 17.6. The monoisotopic (exact) mass is 1390 g/mol. The van der Waals surface area contributed by atoms with Gasteiger partial charge < -0.3 is 0 Å². The molecule has 108 heavy (non-hydrogen) atoms. The third-order valence-electron chi connectivity index (χ3n) is 22.8. The summed E-state index contributed by atoms with van der Waals surface area (Å²) in [6.45, 7) is 0. The number of hydrogen-bond donors (Lipinski definition) is 0. The van der Waals surface area contributed by atoms with Crippen molar-refractivity contribution < 1.29 is 0 Å². The van der Waals surface area contributed by atoms with Gasteiger partial charge in [0.1, 0.15) is 0 Å². The normalized spacial score (nSPS) is 17.0. The van der Waals surface area contributed by atoms with E-state index < -0.39 is 0 Å². The smallest absolute Gasteiger partial charge is 0.159 e. The zero-order chi connectivity index (χ0) is 72.0. The molecular weight excluding hydrogens is 1310 g/mol. The fraction of sp³-hybridized carbons (Fsp3) is 0.118. The van der Waals surface area contributed by atoms with Crippen molar-refractivity contribution in [2.75, 3.05) is 0 Å². The highest BCUT2D eigenvalue weighted by atomic mass is 14.9. The van der Waals surface area contributed by atoms with Crippen LogP contribution in [0, 0.1) is 0 Å². The van der Waals surface area contributed by atoms with Gasteiger partial charge in [0, 0.05) is 92.8 Å². The molecule has 2 aliphatic carbocycles. The topological polar surface area (TPSA) is 77.3 Å². The second-order valence-corrected chi connectivity index (χ2v) is 29.2. The lowest BCUT2D eigenvalue weighted by Gasteiger charge is -2.38. The van der Waals surface area contributed by atoms with E-state index in [9.17, 15) is 0 Å². The number of nitrogens with zero attached hydrogens (tertiary/aromatic N) is 6. The van der Waals surface area contributed by atoms with Gasteiger partial charge in [0.15, 0.2) is 5.82 Å². The second kappa shape index (κ2) is 30.7. The molecule has 4 unspecified atom stereocenters. The summed E-state index contributed by atoms with van der Waals surface area (Å²) in [5, 5.41) is 0. The Morgan fingerprint density at radius 1 is 0.148 bits per heavy atom. The molecule has 6 heteroatoms. The zero-order valence-electron chi connectivity index (χ0n) is 60.2. The molecule has 0 N–H and O–H groups in total. The van der Waals surface area contributed by atoms with E-state index >= 15 is 0 Å². The highest BCUT2D eigenvalue weighted by Gasteiger charge is 2.37. The van der Waals surface area contributed by atoms with Crippen molar-refractivity contribution in [3.05, 3.63) is 410 Å². The lowest BCUT2D eigenvalue weighted by atomic mass is 9.66. The van der Waals surface area contributed by atoms with Gasteiger partial charge in [-0.25, -0.2) is 9.97 Å². The molecule has 5 aromatic heterocycles. The molecule has 2 fully saturated rings. The molecule has 2 aliphatic rings. The van der Waals surface area contributed by atoms with Gasteiger partial charge in [0.25, 0.3) is 0 Å². The number of rotatable bonds is 17. The van der Waals surface area contributed by atoms with Crippen molar-refractivity contribution >= 4 is 0 Å². The zero-order valence-corrected chi connectivity index (χ0v) is 60.2. The summed E-state index contributed by atoms with van der Waals surface area (Å²) in [5.74, 6) is 2.18. The summed E-state index contributed by atoms with van der Waals surface area (Å²) in [5.41, 5.74) is 31.6. The van der Waals surface area contributed by atoms with E-state index in [-0.39, 0.29) is 35.5 Å². The molecule has 0 spiro atoms. The number of hydrogen-bond acceptors (Lipinski definition) is 6. The van der Waals surface area contributed by atoms with Crippen LogP contribution in [0.3, 0.4) is 0 Å². The van der Waals surface area contributed by atoms with Gasteiger partial charge in [-0.15, -0.1) is 0 Å². The Morgan fingerprint density at radius 3 is 0.583 bits per heavy atom. The van der Waals surface area contributed by atoms with Gasteiger partial charge in [0.2, 0.25) is 0 Å². The molecule has 0 bridgehead atoms. The van der Waals surface area contributed by atoms with Crippen molar-refractivity contribution in [1.82, 2.24) is 29.9 Å². The van der Waals surface area contributed by atoms with Crippen molar-refractivity contribution in [3.8, 4) is 123 Å². The predicted molar refractivity (Wildman–Crippen MR) is 443 cm³/mol. The molecule has 2 saturated carbocycles. The third-order valence-corrected chi connectivity index (χ3v) is 22.8. The Morgan fingerprint density at radius 2 is 0.343 bits per heavy atom. The fourth-order valence-electron chi connectivity index (χ4n) is 17.6. The number of aromatic nitrogens is 6. The van der Waals surface area contributed by atoms with Crippen LogP contribution >= 0.6 is 0 Å². The molecular formula is C102H80N6. The van der Waals surface area contributed by atoms with E-state index in [2.05, 4.69) is 365 Å². The predicted octanol–water partition coefficient (Wildman–Crippen LogP) is 26.1. The molecule has 0 aliphatic heterocycles. The summed E-state index contributed by atoms with van der Waals surface area (Å²) >= 11 is 0. The van der Waals surface area contributed by atoms with Gasteiger partial charge in [-0.3, -0.25) is 19.9 Å². The Bertz CT molecular complexity index is 5110. The van der Waals surface area contributed by atoms with Crippen LogP contribution in [-0.2, 0) is 0 Å². The van der Waals surface area contributed by atoms with Crippen LogP contribution in [0.1, 0.15) is 107 Å². The van der Waals surface area contributed by atoms with Crippen LogP contribution in [-0.4, -0.2) is 29.9 Å². The molecule has 0 radical (unpaired) electrons. The summed E-state index contributed by atoms with van der Waals surface area (Å²) < 4.78 is 0. The number of benzene rings is 11. The minimum absolute atomic E-state index is 0.220. The summed E-state index contributed by atoms with van der Waals surface area (Å²) in [4.78, 5) is 30.6. The molecule has 0 saturated heterocycles. The van der Waals surface area contributed by atoms with Crippen molar-refractivity contribution in [2.45, 2.75) is 74.0 Å². The minimum atomic E-state index is 0.220. The van der Waals surface area contributed by atoms with Crippen molar-refractivity contribution in [1.29, 1.82) is 0 Å². The average Bonchev–Trinajstić information content (AvgIpc) is 0.769. The van der Waals surface area contributed by atoms with Crippen LogP contribution in [0.2, 0.25) is 0 Å². The van der Waals surface area contributed by atoms with Gasteiger partial charge in [0.05, 0.1) is 22.8 Å². The molecule has 5 heterocycles. The third kappa shape index (κ3) is 14.0. The Kier molecular flexibility index (Phi) is 19.0. The summed E-state index contributed by atoms with van der Waals surface area (Å²) in [6.07, 6.45) is 18.3.